The first-order valence-electron chi connectivity index (χ1n) is 9.89. The molecule has 1 fully saturated rings. The topological polar surface area (TPSA) is 75.2 Å². The molecule has 1 aromatic heterocycles. The largest absolute Gasteiger partial charge is 0.354 e. The van der Waals surface area contributed by atoms with E-state index in [2.05, 4.69) is 20.2 Å². The third-order valence-corrected chi connectivity index (χ3v) is 5.04. The van der Waals surface area contributed by atoms with Crippen LogP contribution in [0.4, 0.5) is 0 Å². The minimum absolute atomic E-state index is 0.0320. The van der Waals surface area contributed by atoms with Gasteiger partial charge in [-0.1, -0.05) is 37.3 Å². The molecule has 0 saturated carbocycles. The number of aryl methyl sites for hydroxylation is 1. The van der Waals surface area contributed by atoms with Gasteiger partial charge in [-0.25, -0.2) is 9.97 Å². The molecule has 0 spiro atoms. The molecule has 1 aliphatic heterocycles. The highest BCUT2D eigenvalue weighted by Crippen LogP contribution is 2.28. The Morgan fingerprint density at radius 2 is 1.75 bits per heavy atom. The second kappa shape index (κ2) is 9.06. The van der Waals surface area contributed by atoms with Gasteiger partial charge in [0.25, 0.3) is 0 Å². The number of benzene rings is 1. The molecular weight excluding hydrogens is 352 g/mol. The summed E-state index contributed by atoms with van der Waals surface area (Å²) in [6.07, 6.45) is 4.47. The van der Waals surface area contributed by atoms with Crippen LogP contribution in [0.5, 0.6) is 0 Å². The van der Waals surface area contributed by atoms with Crippen molar-refractivity contribution in [2.45, 2.75) is 39.8 Å². The van der Waals surface area contributed by atoms with Crippen LogP contribution in [0.2, 0.25) is 0 Å². The highest BCUT2D eigenvalue weighted by Gasteiger charge is 2.41. The van der Waals surface area contributed by atoms with Gasteiger partial charge in [-0.05, 0) is 13.8 Å². The summed E-state index contributed by atoms with van der Waals surface area (Å²) in [6, 6.07) is 9.29. The first-order chi connectivity index (χ1) is 13.5. The van der Waals surface area contributed by atoms with E-state index in [9.17, 15) is 9.59 Å². The summed E-state index contributed by atoms with van der Waals surface area (Å²) in [4.78, 5) is 36.7. The predicted octanol–water partition coefficient (Wildman–Crippen LogP) is 2.49. The van der Waals surface area contributed by atoms with Gasteiger partial charge in [-0.3, -0.25) is 14.5 Å². The fourth-order valence-corrected chi connectivity index (χ4v) is 3.66. The predicted molar refractivity (Wildman–Crippen MR) is 108 cm³/mol. The zero-order valence-corrected chi connectivity index (χ0v) is 16.8. The van der Waals surface area contributed by atoms with Crippen LogP contribution in [0.15, 0.2) is 42.7 Å². The van der Waals surface area contributed by atoms with Crippen LogP contribution in [0, 0.1) is 11.8 Å². The molecule has 0 bridgehead atoms. The van der Waals surface area contributed by atoms with Crippen molar-refractivity contribution < 1.29 is 9.59 Å². The molecule has 2 aromatic rings. The molecule has 6 nitrogen and oxygen atoms in total. The Bertz CT molecular complexity index is 805. The Kier molecular flexibility index (Phi) is 6.52. The maximum atomic E-state index is 13.1. The van der Waals surface area contributed by atoms with Gasteiger partial charge in [-0.15, -0.1) is 0 Å². The van der Waals surface area contributed by atoms with Gasteiger partial charge in [0.05, 0.1) is 5.92 Å². The summed E-state index contributed by atoms with van der Waals surface area (Å²) in [5.41, 5.74) is 1.65. The van der Waals surface area contributed by atoms with E-state index < -0.39 is 0 Å². The summed E-state index contributed by atoms with van der Waals surface area (Å²) in [5, 5.41) is 2.98. The quantitative estimate of drug-likeness (QED) is 0.747. The summed E-state index contributed by atoms with van der Waals surface area (Å²) in [5.74, 6) is 0.0911. The number of amides is 1. The number of likely N-dealkylation sites (tertiary alicyclic amines) is 1. The molecule has 6 heteroatoms. The van der Waals surface area contributed by atoms with Crippen LogP contribution < -0.4 is 5.32 Å². The van der Waals surface area contributed by atoms with Gasteiger partial charge in [-0.2, -0.15) is 0 Å². The van der Waals surface area contributed by atoms with Gasteiger partial charge in [0, 0.05) is 61.5 Å². The SMILES string of the molecule is CCc1ncc(CN2C[C@@H](C(=O)NC(C)C)[C@H](C(=O)c3ccccc3)C2)cn1. The molecule has 1 N–H and O–H groups in total. The fraction of sp³-hybridized carbons (Fsp3) is 0.455. The second-order valence-corrected chi connectivity index (χ2v) is 7.66. The molecule has 1 aromatic carbocycles. The van der Waals surface area contributed by atoms with Crippen LogP contribution in [0.1, 0.15) is 42.5 Å². The average Bonchev–Trinajstić information content (AvgIpc) is 3.12. The van der Waals surface area contributed by atoms with E-state index in [1.807, 2.05) is 63.5 Å². The Labute approximate surface area is 166 Å². The highest BCUT2D eigenvalue weighted by molar-refractivity contribution is 6.01. The molecule has 1 amide bonds. The van der Waals surface area contributed by atoms with Crippen molar-refractivity contribution in [2.24, 2.45) is 11.8 Å². The van der Waals surface area contributed by atoms with Crippen LogP contribution in [0.25, 0.3) is 0 Å². The molecule has 0 radical (unpaired) electrons. The third kappa shape index (κ3) is 4.81. The van der Waals surface area contributed by atoms with Crippen molar-refractivity contribution >= 4 is 11.7 Å². The lowest BCUT2D eigenvalue weighted by molar-refractivity contribution is -0.125. The maximum absolute atomic E-state index is 13.1. The normalized spacial score (nSPS) is 19.7. The van der Waals surface area contributed by atoms with Crippen molar-refractivity contribution in [2.75, 3.05) is 13.1 Å². The molecule has 2 heterocycles. The van der Waals surface area contributed by atoms with Crippen molar-refractivity contribution in [3.05, 3.63) is 59.7 Å². The fourth-order valence-electron chi connectivity index (χ4n) is 3.66. The molecule has 2 atom stereocenters. The standard InChI is InChI=1S/C22H28N4O2/c1-4-20-23-10-16(11-24-20)12-26-13-18(19(14-26)22(28)25-15(2)3)21(27)17-8-6-5-7-9-17/h5-11,15,18-19H,4,12-14H2,1-3H3,(H,25,28)/t18-,19-/m1/s1. The first kappa shape index (κ1) is 20.1. The summed E-state index contributed by atoms with van der Waals surface area (Å²) in [7, 11) is 0. The molecule has 148 valence electrons. The number of Topliss-reactive ketones (excluding diaryl/α,β-unsaturated/α-hetero) is 1. The molecule has 1 saturated heterocycles. The van der Waals surface area contributed by atoms with Gasteiger partial charge < -0.3 is 5.32 Å². The monoisotopic (exact) mass is 380 g/mol. The molecular formula is C22H28N4O2. The van der Waals surface area contributed by atoms with E-state index in [0.717, 1.165) is 17.8 Å². The number of hydrogen-bond donors (Lipinski definition) is 1. The first-order valence-corrected chi connectivity index (χ1v) is 9.89. The lowest BCUT2D eigenvalue weighted by Gasteiger charge is -2.18. The van der Waals surface area contributed by atoms with Gasteiger partial charge in [0.15, 0.2) is 5.78 Å². The van der Waals surface area contributed by atoms with E-state index in [0.29, 0.717) is 25.2 Å². The van der Waals surface area contributed by atoms with Gasteiger partial charge >= 0.3 is 0 Å². The second-order valence-electron chi connectivity index (χ2n) is 7.66. The Balaban J connectivity index is 1.77. The lowest BCUT2D eigenvalue weighted by Crippen LogP contribution is -2.40. The molecule has 3 rings (SSSR count). The van der Waals surface area contributed by atoms with Crippen molar-refractivity contribution in [3.8, 4) is 0 Å². The van der Waals surface area contributed by atoms with Crippen LogP contribution in [0.3, 0.4) is 0 Å². The minimum atomic E-state index is -0.356. The Morgan fingerprint density at radius 1 is 1.11 bits per heavy atom. The maximum Gasteiger partial charge on any atom is 0.225 e. The number of nitrogens with zero attached hydrogens (tertiary/aromatic N) is 3. The van der Waals surface area contributed by atoms with E-state index >= 15 is 0 Å². The molecule has 0 unspecified atom stereocenters. The van der Waals surface area contributed by atoms with Crippen LogP contribution in [-0.2, 0) is 17.8 Å². The number of carbonyl (C=O) groups is 2. The van der Waals surface area contributed by atoms with Crippen LogP contribution >= 0.6 is 0 Å². The molecule has 28 heavy (non-hydrogen) atoms. The summed E-state index contributed by atoms with van der Waals surface area (Å²) >= 11 is 0. The molecule has 1 aliphatic rings. The van der Waals surface area contributed by atoms with Gasteiger partial charge in [0.2, 0.25) is 5.91 Å². The van der Waals surface area contributed by atoms with Gasteiger partial charge in [0.1, 0.15) is 5.82 Å². The average molecular weight is 380 g/mol. The number of carbonyl (C=O) groups excluding carboxylic acids is 2. The van der Waals surface area contributed by atoms with Crippen LogP contribution in [-0.4, -0.2) is 45.7 Å². The smallest absolute Gasteiger partial charge is 0.225 e. The highest BCUT2D eigenvalue weighted by atomic mass is 16.2. The zero-order valence-electron chi connectivity index (χ0n) is 16.8. The summed E-state index contributed by atoms with van der Waals surface area (Å²) in [6.45, 7) is 7.63. The molecule has 0 aliphatic carbocycles. The third-order valence-electron chi connectivity index (χ3n) is 5.04. The zero-order chi connectivity index (χ0) is 20.1. The number of rotatable bonds is 7. The number of aromatic nitrogens is 2. The number of nitrogens with one attached hydrogen (secondary N) is 1. The van der Waals surface area contributed by atoms with E-state index in [1.165, 1.54) is 0 Å². The van der Waals surface area contributed by atoms with Crippen molar-refractivity contribution in [1.29, 1.82) is 0 Å². The number of hydrogen-bond acceptors (Lipinski definition) is 5. The number of ketones is 1. The van der Waals surface area contributed by atoms with E-state index in [1.54, 1.807) is 0 Å². The van der Waals surface area contributed by atoms with E-state index in [4.69, 9.17) is 0 Å². The lowest BCUT2D eigenvalue weighted by atomic mass is 9.87. The summed E-state index contributed by atoms with van der Waals surface area (Å²) < 4.78 is 0. The van der Waals surface area contributed by atoms with Crippen molar-refractivity contribution in [1.82, 2.24) is 20.2 Å². The van der Waals surface area contributed by atoms with E-state index in [-0.39, 0.29) is 29.6 Å². The Morgan fingerprint density at radius 3 is 2.36 bits per heavy atom. The Hall–Kier alpha value is -2.60. The minimum Gasteiger partial charge on any atom is -0.354 e. The van der Waals surface area contributed by atoms with Crippen molar-refractivity contribution in [3.63, 3.8) is 0 Å².